The smallest absolute Gasteiger partial charge is 0.254 e. The van der Waals surface area contributed by atoms with Gasteiger partial charge < -0.3 is 19.5 Å². The van der Waals surface area contributed by atoms with Crippen LogP contribution in [0.1, 0.15) is 23.2 Å². The maximum absolute atomic E-state index is 12.3. The first-order valence-corrected chi connectivity index (χ1v) is 6.87. The Hall–Kier alpha value is -1.59. The molecular formula is C15H19NO4. The van der Waals surface area contributed by atoms with Gasteiger partial charge in [0.1, 0.15) is 11.4 Å². The molecule has 0 radical (unpaired) electrons. The summed E-state index contributed by atoms with van der Waals surface area (Å²) in [6, 6.07) is 6.44. The maximum atomic E-state index is 12.3. The zero-order valence-corrected chi connectivity index (χ0v) is 11.5. The van der Waals surface area contributed by atoms with Gasteiger partial charge in [-0.25, -0.2) is 0 Å². The Labute approximate surface area is 118 Å². The Morgan fingerprint density at radius 1 is 1.50 bits per heavy atom. The van der Waals surface area contributed by atoms with Crippen molar-refractivity contribution in [3.05, 3.63) is 29.8 Å². The lowest BCUT2D eigenvalue weighted by Crippen LogP contribution is -2.67. The van der Waals surface area contributed by atoms with Crippen molar-refractivity contribution in [1.82, 2.24) is 4.90 Å². The molecule has 2 saturated heterocycles. The highest BCUT2D eigenvalue weighted by atomic mass is 16.5. The molecule has 5 heteroatoms. The Kier molecular flexibility index (Phi) is 3.40. The van der Waals surface area contributed by atoms with Crippen LogP contribution in [-0.2, 0) is 9.47 Å². The average Bonchev–Trinajstić information content (AvgIpc) is 2.44. The number of phenols is 1. The van der Waals surface area contributed by atoms with Crippen molar-refractivity contribution in [2.24, 2.45) is 0 Å². The van der Waals surface area contributed by atoms with E-state index in [2.05, 4.69) is 0 Å². The van der Waals surface area contributed by atoms with Crippen molar-refractivity contribution in [2.45, 2.75) is 24.5 Å². The lowest BCUT2D eigenvalue weighted by atomic mass is 9.84. The fourth-order valence-corrected chi connectivity index (χ4v) is 3.02. The molecule has 108 valence electrons. The summed E-state index contributed by atoms with van der Waals surface area (Å²) in [7, 11) is 1.72. The van der Waals surface area contributed by atoms with E-state index in [9.17, 15) is 9.90 Å². The summed E-state index contributed by atoms with van der Waals surface area (Å²) in [5, 5.41) is 9.43. The molecule has 1 N–H and O–H groups in total. The van der Waals surface area contributed by atoms with Gasteiger partial charge in [0, 0.05) is 25.7 Å². The third-order valence-corrected chi connectivity index (χ3v) is 4.12. The number of carbonyl (C=O) groups excluding carboxylic acids is 1. The molecule has 3 rings (SSSR count). The van der Waals surface area contributed by atoms with Gasteiger partial charge >= 0.3 is 0 Å². The van der Waals surface area contributed by atoms with Crippen LogP contribution >= 0.6 is 0 Å². The van der Waals surface area contributed by atoms with Crippen molar-refractivity contribution in [1.29, 1.82) is 0 Å². The first-order valence-electron chi connectivity index (χ1n) is 6.87. The van der Waals surface area contributed by atoms with E-state index in [1.807, 2.05) is 0 Å². The van der Waals surface area contributed by atoms with Gasteiger partial charge in [0.15, 0.2) is 0 Å². The number of likely N-dealkylation sites (tertiary alicyclic amines) is 1. The third-order valence-electron chi connectivity index (χ3n) is 4.12. The highest BCUT2D eigenvalue weighted by molar-refractivity contribution is 5.95. The molecule has 1 atom stereocenters. The summed E-state index contributed by atoms with van der Waals surface area (Å²) in [4.78, 5) is 14.0. The summed E-state index contributed by atoms with van der Waals surface area (Å²) >= 11 is 0. The van der Waals surface area contributed by atoms with Gasteiger partial charge in [0.25, 0.3) is 5.91 Å². The van der Waals surface area contributed by atoms with Crippen LogP contribution in [0.25, 0.3) is 0 Å². The largest absolute Gasteiger partial charge is 0.508 e. The Balaban J connectivity index is 1.64. The lowest BCUT2D eigenvalue weighted by Gasteiger charge is -2.52. The number of methoxy groups -OCH3 is 1. The van der Waals surface area contributed by atoms with Crippen LogP contribution in [0.2, 0.25) is 0 Å². The summed E-state index contributed by atoms with van der Waals surface area (Å²) < 4.78 is 11.3. The molecule has 0 unspecified atom stereocenters. The highest BCUT2D eigenvalue weighted by Crippen LogP contribution is 2.36. The Bertz CT molecular complexity index is 510. The molecule has 0 saturated carbocycles. The zero-order valence-electron chi connectivity index (χ0n) is 11.5. The number of ether oxygens (including phenoxy) is 2. The second-order valence-corrected chi connectivity index (χ2v) is 5.59. The number of nitrogens with zero attached hydrogens (tertiary/aromatic N) is 1. The van der Waals surface area contributed by atoms with Crippen LogP contribution in [0.15, 0.2) is 24.3 Å². The Morgan fingerprint density at radius 2 is 2.30 bits per heavy atom. The second kappa shape index (κ2) is 5.07. The molecule has 0 aliphatic carbocycles. The van der Waals surface area contributed by atoms with Crippen LogP contribution in [0.5, 0.6) is 5.75 Å². The van der Waals surface area contributed by atoms with Crippen molar-refractivity contribution in [3.63, 3.8) is 0 Å². The van der Waals surface area contributed by atoms with E-state index in [0.29, 0.717) is 25.3 Å². The predicted octanol–water partition coefficient (Wildman–Crippen LogP) is 1.41. The minimum absolute atomic E-state index is 0.0605. The molecule has 2 aliphatic rings. The maximum Gasteiger partial charge on any atom is 0.254 e. The van der Waals surface area contributed by atoms with Crippen LogP contribution in [0.4, 0.5) is 0 Å². The van der Waals surface area contributed by atoms with Crippen molar-refractivity contribution in [2.75, 3.05) is 26.8 Å². The fourth-order valence-electron chi connectivity index (χ4n) is 3.02. The first-order chi connectivity index (χ1) is 9.62. The van der Waals surface area contributed by atoms with Gasteiger partial charge in [-0.1, -0.05) is 6.07 Å². The number of hydrogen-bond acceptors (Lipinski definition) is 4. The molecule has 1 spiro atoms. The minimum Gasteiger partial charge on any atom is -0.508 e. The van der Waals surface area contributed by atoms with Gasteiger partial charge in [-0.2, -0.15) is 0 Å². The number of aromatic hydroxyl groups is 1. The fraction of sp³-hybridized carbons (Fsp3) is 0.533. The quantitative estimate of drug-likeness (QED) is 0.888. The molecule has 1 aromatic carbocycles. The molecule has 2 fully saturated rings. The predicted molar refractivity (Wildman–Crippen MR) is 72.7 cm³/mol. The summed E-state index contributed by atoms with van der Waals surface area (Å²) in [5.41, 5.74) is 0.282. The molecule has 1 aromatic rings. The van der Waals surface area contributed by atoms with Gasteiger partial charge in [0.05, 0.1) is 19.2 Å². The van der Waals surface area contributed by atoms with E-state index in [0.717, 1.165) is 12.8 Å². The molecule has 2 aliphatic heterocycles. The van der Waals surface area contributed by atoms with Gasteiger partial charge in [-0.05, 0) is 24.6 Å². The first kappa shape index (κ1) is 13.4. The molecule has 0 aromatic heterocycles. The SMILES string of the molecule is CO[C@H]1CCOC2(C1)CN(C(=O)c1cccc(O)c1)C2. The van der Waals surface area contributed by atoms with Crippen molar-refractivity contribution < 1.29 is 19.4 Å². The van der Waals surface area contributed by atoms with Gasteiger partial charge in [-0.15, -0.1) is 0 Å². The van der Waals surface area contributed by atoms with E-state index in [-0.39, 0.29) is 23.4 Å². The highest BCUT2D eigenvalue weighted by Gasteiger charge is 2.49. The number of phenolic OH excluding ortho intramolecular Hbond substituents is 1. The molecular weight excluding hydrogens is 258 g/mol. The van der Waals surface area contributed by atoms with E-state index in [1.165, 1.54) is 6.07 Å². The second-order valence-electron chi connectivity index (χ2n) is 5.59. The molecule has 2 heterocycles. The van der Waals surface area contributed by atoms with Crippen molar-refractivity contribution >= 4 is 5.91 Å². The molecule has 1 amide bonds. The summed E-state index contributed by atoms with van der Waals surface area (Å²) in [6.45, 7) is 1.88. The van der Waals surface area contributed by atoms with E-state index < -0.39 is 0 Å². The number of hydrogen-bond donors (Lipinski definition) is 1. The van der Waals surface area contributed by atoms with Gasteiger partial charge in [-0.3, -0.25) is 4.79 Å². The third kappa shape index (κ3) is 2.39. The molecule has 0 bridgehead atoms. The lowest BCUT2D eigenvalue weighted by molar-refractivity contribution is -0.181. The van der Waals surface area contributed by atoms with Crippen molar-refractivity contribution in [3.8, 4) is 5.75 Å². The van der Waals surface area contributed by atoms with Crippen LogP contribution in [-0.4, -0.2) is 54.4 Å². The van der Waals surface area contributed by atoms with Crippen LogP contribution in [0.3, 0.4) is 0 Å². The van der Waals surface area contributed by atoms with Crippen LogP contribution in [0, 0.1) is 0 Å². The Morgan fingerprint density at radius 3 is 3.00 bits per heavy atom. The average molecular weight is 277 g/mol. The zero-order chi connectivity index (χ0) is 14.2. The number of carbonyl (C=O) groups is 1. The van der Waals surface area contributed by atoms with E-state index >= 15 is 0 Å². The summed E-state index contributed by atoms with van der Waals surface area (Å²) in [5.74, 6) is 0.0501. The number of benzene rings is 1. The minimum atomic E-state index is -0.231. The van der Waals surface area contributed by atoms with E-state index in [1.54, 1.807) is 30.2 Å². The van der Waals surface area contributed by atoms with Gasteiger partial charge in [0.2, 0.25) is 0 Å². The number of amides is 1. The van der Waals surface area contributed by atoms with Crippen LogP contribution < -0.4 is 0 Å². The monoisotopic (exact) mass is 277 g/mol. The molecule has 20 heavy (non-hydrogen) atoms. The standard InChI is InChI=1S/C15H19NO4/c1-19-13-5-6-20-15(8-13)9-16(10-15)14(18)11-3-2-4-12(17)7-11/h2-4,7,13,17H,5-6,8-10H2,1H3/t13-/m0/s1. The van der Waals surface area contributed by atoms with E-state index in [4.69, 9.17) is 9.47 Å². The number of rotatable bonds is 2. The molecule has 5 nitrogen and oxygen atoms in total. The normalized spacial score (nSPS) is 24.4. The topological polar surface area (TPSA) is 59.0 Å². The summed E-state index contributed by atoms with van der Waals surface area (Å²) in [6.07, 6.45) is 1.98.